The van der Waals surface area contributed by atoms with Crippen molar-refractivity contribution in [3.8, 4) is 0 Å². The first-order chi connectivity index (χ1) is 9.47. The van der Waals surface area contributed by atoms with Gasteiger partial charge in [0.25, 0.3) is 0 Å². The van der Waals surface area contributed by atoms with Crippen molar-refractivity contribution in [1.29, 1.82) is 0 Å². The van der Waals surface area contributed by atoms with E-state index in [1.54, 1.807) is 0 Å². The second-order valence-corrected chi connectivity index (χ2v) is 4.51. The van der Waals surface area contributed by atoms with Crippen LogP contribution in [0.4, 0.5) is 23.7 Å². The summed E-state index contributed by atoms with van der Waals surface area (Å²) in [6, 6.07) is -0.340. The fraction of sp³-hybridized carbons (Fsp3) is 0.417. The number of amides is 2. The SMILES string of the molecule is O=C(Nc1cc(F)cc(F)c1F)N[C@@H]1CNCC[C@H]1O. The molecule has 0 aromatic heterocycles. The summed E-state index contributed by atoms with van der Waals surface area (Å²) < 4.78 is 39.3. The zero-order chi connectivity index (χ0) is 14.7. The van der Waals surface area contributed by atoms with Gasteiger partial charge in [-0.2, -0.15) is 0 Å². The van der Waals surface area contributed by atoms with E-state index in [-0.39, 0.29) is 0 Å². The predicted molar refractivity (Wildman–Crippen MR) is 65.8 cm³/mol. The zero-order valence-electron chi connectivity index (χ0n) is 10.4. The maximum atomic E-state index is 13.4. The average molecular weight is 289 g/mol. The summed E-state index contributed by atoms with van der Waals surface area (Å²) in [4.78, 5) is 11.6. The number of aliphatic hydroxyl groups is 1. The number of aliphatic hydroxyl groups excluding tert-OH is 1. The molecule has 4 N–H and O–H groups in total. The Labute approximate surface area is 113 Å². The molecule has 1 fully saturated rings. The van der Waals surface area contributed by atoms with Crippen LogP contribution >= 0.6 is 0 Å². The minimum Gasteiger partial charge on any atom is -0.391 e. The summed E-state index contributed by atoms with van der Waals surface area (Å²) >= 11 is 0. The Bertz CT molecular complexity index is 513. The third-order valence-electron chi connectivity index (χ3n) is 3.00. The lowest BCUT2D eigenvalue weighted by Crippen LogP contribution is -2.54. The molecular formula is C12H14F3N3O2. The van der Waals surface area contributed by atoms with Crippen molar-refractivity contribution in [1.82, 2.24) is 10.6 Å². The first kappa shape index (κ1) is 14.6. The van der Waals surface area contributed by atoms with E-state index in [4.69, 9.17) is 0 Å². The predicted octanol–water partition coefficient (Wildman–Crippen LogP) is 0.948. The zero-order valence-corrected chi connectivity index (χ0v) is 10.4. The van der Waals surface area contributed by atoms with Crippen LogP contribution in [0, 0.1) is 17.5 Å². The second-order valence-electron chi connectivity index (χ2n) is 4.51. The number of nitrogens with one attached hydrogen (secondary N) is 3. The third-order valence-corrected chi connectivity index (χ3v) is 3.00. The summed E-state index contributed by atoms with van der Waals surface area (Å²) in [6.45, 7) is 0.985. The van der Waals surface area contributed by atoms with Gasteiger partial charge in [0.1, 0.15) is 5.82 Å². The van der Waals surface area contributed by atoms with Crippen LogP contribution in [-0.4, -0.2) is 36.4 Å². The molecule has 1 aromatic carbocycles. The molecule has 1 aromatic rings. The Hall–Kier alpha value is -1.80. The highest BCUT2D eigenvalue weighted by Crippen LogP contribution is 2.19. The van der Waals surface area contributed by atoms with E-state index in [0.717, 1.165) is 0 Å². The summed E-state index contributed by atoms with van der Waals surface area (Å²) in [6.07, 6.45) is -0.260. The Morgan fingerprint density at radius 1 is 1.35 bits per heavy atom. The first-order valence-corrected chi connectivity index (χ1v) is 6.08. The van der Waals surface area contributed by atoms with Gasteiger partial charge in [0, 0.05) is 18.7 Å². The van der Waals surface area contributed by atoms with E-state index < -0.39 is 41.3 Å². The van der Waals surface area contributed by atoms with Gasteiger partial charge in [-0.3, -0.25) is 0 Å². The number of halogens is 3. The number of urea groups is 1. The van der Waals surface area contributed by atoms with Crippen molar-refractivity contribution in [3.63, 3.8) is 0 Å². The fourth-order valence-electron chi connectivity index (χ4n) is 1.97. The largest absolute Gasteiger partial charge is 0.391 e. The van der Waals surface area contributed by atoms with E-state index in [2.05, 4.69) is 10.6 Å². The highest BCUT2D eigenvalue weighted by Gasteiger charge is 2.24. The van der Waals surface area contributed by atoms with Gasteiger partial charge in [-0.15, -0.1) is 0 Å². The maximum absolute atomic E-state index is 13.4. The molecule has 110 valence electrons. The Morgan fingerprint density at radius 3 is 2.80 bits per heavy atom. The van der Waals surface area contributed by atoms with E-state index >= 15 is 0 Å². The van der Waals surface area contributed by atoms with Crippen molar-refractivity contribution >= 4 is 11.7 Å². The molecule has 1 aliphatic heterocycles. The van der Waals surface area contributed by atoms with Crippen LogP contribution in [0.1, 0.15) is 6.42 Å². The lowest BCUT2D eigenvalue weighted by Gasteiger charge is -2.29. The molecule has 0 spiro atoms. The topological polar surface area (TPSA) is 73.4 Å². The molecule has 2 rings (SSSR count). The average Bonchev–Trinajstić information content (AvgIpc) is 2.38. The number of benzene rings is 1. The molecule has 2 amide bonds. The molecule has 1 aliphatic rings. The van der Waals surface area contributed by atoms with Gasteiger partial charge in [0.15, 0.2) is 11.6 Å². The molecule has 0 saturated carbocycles. The molecule has 0 radical (unpaired) electrons. The number of hydrogen-bond donors (Lipinski definition) is 4. The molecule has 8 heteroatoms. The van der Waals surface area contributed by atoms with Gasteiger partial charge < -0.3 is 21.1 Å². The molecule has 5 nitrogen and oxygen atoms in total. The number of carbonyl (C=O) groups is 1. The smallest absolute Gasteiger partial charge is 0.319 e. The van der Waals surface area contributed by atoms with Crippen LogP contribution in [0.25, 0.3) is 0 Å². The lowest BCUT2D eigenvalue weighted by atomic mass is 10.0. The Balaban J connectivity index is 2.01. The lowest BCUT2D eigenvalue weighted by molar-refractivity contribution is 0.103. The van der Waals surface area contributed by atoms with Gasteiger partial charge in [-0.25, -0.2) is 18.0 Å². The Morgan fingerprint density at radius 2 is 2.10 bits per heavy atom. The van der Waals surface area contributed by atoms with Crippen LogP contribution in [0.2, 0.25) is 0 Å². The van der Waals surface area contributed by atoms with Crippen LogP contribution in [0.5, 0.6) is 0 Å². The minimum atomic E-state index is -1.39. The van der Waals surface area contributed by atoms with Gasteiger partial charge >= 0.3 is 6.03 Å². The number of rotatable bonds is 2. The minimum absolute atomic E-state index is 0.356. The molecule has 0 bridgehead atoms. The molecule has 2 atom stereocenters. The Kier molecular flexibility index (Phi) is 4.46. The fourth-order valence-corrected chi connectivity index (χ4v) is 1.97. The summed E-state index contributed by atoms with van der Waals surface area (Å²) in [5.41, 5.74) is -0.599. The molecule has 0 unspecified atom stereocenters. The molecular weight excluding hydrogens is 275 g/mol. The van der Waals surface area contributed by atoms with Gasteiger partial charge in [-0.05, 0) is 13.0 Å². The second kappa shape index (κ2) is 6.10. The van der Waals surface area contributed by atoms with Crippen LogP contribution in [0.3, 0.4) is 0 Å². The highest BCUT2D eigenvalue weighted by atomic mass is 19.2. The summed E-state index contributed by atoms with van der Waals surface area (Å²) in [5.74, 6) is -3.73. The van der Waals surface area contributed by atoms with E-state index in [0.29, 0.717) is 31.6 Å². The van der Waals surface area contributed by atoms with Crippen LogP contribution < -0.4 is 16.0 Å². The van der Waals surface area contributed by atoms with Gasteiger partial charge in [0.05, 0.1) is 17.8 Å². The number of anilines is 1. The number of hydrogen-bond acceptors (Lipinski definition) is 3. The summed E-state index contributed by atoms with van der Waals surface area (Å²) in [5, 5.41) is 17.0. The molecule has 1 saturated heterocycles. The first-order valence-electron chi connectivity index (χ1n) is 6.08. The molecule has 20 heavy (non-hydrogen) atoms. The number of piperidine rings is 1. The quantitative estimate of drug-likeness (QED) is 0.612. The van der Waals surface area contributed by atoms with Crippen molar-refractivity contribution in [2.75, 3.05) is 18.4 Å². The van der Waals surface area contributed by atoms with Gasteiger partial charge in [0.2, 0.25) is 0 Å². The van der Waals surface area contributed by atoms with E-state index in [1.165, 1.54) is 0 Å². The maximum Gasteiger partial charge on any atom is 0.319 e. The van der Waals surface area contributed by atoms with E-state index in [1.807, 2.05) is 5.32 Å². The molecule has 0 aliphatic carbocycles. The monoisotopic (exact) mass is 289 g/mol. The van der Waals surface area contributed by atoms with Crippen molar-refractivity contribution < 1.29 is 23.1 Å². The van der Waals surface area contributed by atoms with Crippen LogP contribution in [-0.2, 0) is 0 Å². The van der Waals surface area contributed by atoms with Crippen LogP contribution in [0.15, 0.2) is 12.1 Å². The van der Waals surface area contributed by atoms with Crippen molar-refractivity contribution in [2.24, 2.45) is 0 Å². The highest BCUT2D eigenvalue weighted by molar-refractivity contribution is 5.89. The standard InChI is InChI=1S/C12H14F3N3O2/c13-6-3-7(14)11(15)8(4-6)17-12(20)18-9-5-16-2-1-10(9)19/h3-4,9-10,16,19H,1-2,5H2,(H2,17,18,20)/t9-,10-/m1/s1. The normalized spacial score (nSPS) is 22.4. The number of carbonyl (C=O) groups excluding carboxylic acids is 1. The molecule has 1 heterocycles. The van der Waals surface area contributed by atoms with Crippen molar-refractivity contribution in [3.05, 3.63) is 29.6 Å². The van der Waals surface area contributed by atoms with E-state index in [9.17, 15) is 23.1 Å². The summed E-state index contributed by atoms with van der Waals surface area (Å²) in [7, 11) is 0. The third kappa shape index (κ3) is 3.40. The van der Waals surface area contributed by atoms with Gasteiger partial charge in [-0.1, -0.05) is 0 Å². The van der Waals surface area contributed by atoms with Crippen molar-refractivity contribution in [2.45, 2.75) is 18.6 Å².